The Kier molecular flexibility index (Phi) is 7.72. The Hall–Kier alpha value is -3.52. The van der Waals surface area contributed by atoms with Crippen molar-refractivity contribution in [3.63, 3.8) is 0 Å². The highest BCUT2D eigenvalue weighted by Gasteiger charge is 2.11. The van der Waals surface area contributed by atoms with Gasteiger partial charge in [-0.2, -0.15) is 0 Å². The zero-order valence-corrected chi connectivity index (χ0v) is 18.7. The van der Waals surface area contributed by atoms with Crippen molar-refractivity contribution in [3.05, 3.63) is 93.7 Å². The van der Waals surface area contributed by atoms with Gasteiger partial charge in [0, 0.05) is 21.3 Å². The average Bonchev–Trinajstić information content (AvgIpc) is 2.78. The lowest BCUT2D eigenvalue weighted by Crippen LogP contribution is -2.35. The molecule has 0 radical (unpaired) electrons. The van der Waals surface area contributed by atoms with Crippen molar-refractivity contribution in [2.45, 2.75) is 6.92 Å². The number of aryl methyl sites for hydroxylation is 1. The van der Waals surface area contributed by atoms with Crippen LogP contribution in [0.4, 0.5) is 10.1 Å². The molecule has 0 bridgehead atoms. The fraction of sp³-hybridized carbons (Fsp3) is 0.125. The summed E-state index contributed by atoms with van der Waals surface area (Å²) in [6.45, 7) is 1.39. The lowest BCUT2D eigenvalue weighted by Gasteiger charge is -2.10. The third-order valence-corrected chi connectivity index (χ3v) is 4.99. The molecular weight excluding hydrogens is 479 g/mol. The molecule has 0 saturated heterocycles. The van der Waals surface area contributed by atoms with E-state index in [9.17, 15) is 18.8 Å². The molecular formula is C24H20BrFN2O4. The summed E-state index contributed by atoms with van der Waals surface area (Å²) in [7, 11) is 0. The van der Waals surface area contributed by atoms with Gasteiger partial charge in [0.05, 0.1) is 6.54 Å². The summed E-state index contributed by atoms with van der Waals surface area (Å²) < 4.78 is 19.3. The van der Waals surface area contributed by atoms with Crippen molar-refractivity contribution in [2.24, 2.45) is 0 Å². The minimum Gasteiger partial charge on any atom is -0.484 e. The largest absolute Gasteiger partial charge is 0.484 e. The van der Waals surface area contributed by atoms with E-state index in [-0.39, 0.29) is 24.8 Å². The molecule has 0 spiro atoms. The summed E-state index contributed by atoms with van der Waals surface area (Å²) in [5, 5.41) is 5.22. The van der Waals surface area contributed by atoms with Crippen LogP contribution in [0.2, 0.25) is 0 Å². The smallest absolute Gasteiger partial charge is 0.258 e. The normalized spacial score (nSPS) is 10.3. The Balaban J connectivity index is 1.44. The molecule has 0 aromatic heterocycles. The van der Waals surface area contributed by atoms with Crippen LogP contribution >= 0.6 is 15.9 Å². The number of hydrogen-bond acceptors (Lipinski definition) is 4. The van der Waals surface area contributed by atoms with E-state index in [4.69, 9.17) is 4.74 Å². The molecule has 164 valence electrons. The maximum Gasteiger partial charge on any atom is 0.258 e. The van der Waals surface area contributed by atoms with Crippen molar-refractivity contribution < 1.29 is 23.5 Å². The molecule has 8 heteroatoms. The highest BCUT2D eigenvalue weighted by atomic mass is 79.9. The number of halogens is 2. The molecule has 3 rings (SSSR count). The summed E-state index contributed by atoms with van der Waals surface area (Å²) in [5.41, 5.74) is 2.34. The van der Waals surface area contributed by atoms with E-state index < -0.39 is 11.7 Å². The summed E-state index contributed by atoms with van der Waals surface area (Å²) in [4.78, 5) is 36.4. The van der Waals surface area contributed by atoms with E-state index in [2.05, 4.69) is 26.6 Å². The molecule has 2 N–H and O–H groups in total. The summed E-state index contributed by atoms with van der Waals surface area (Å²) in [6.07, 6.45) is 0. The summed E-state index contributed by atoms with van der Waals surface area (Å²) >= 11 is 3.36. The van der Waals surface area contributed by atoms with Gasteiger partial charge in [-0.05, 0) is 79.2 Å². The third kappa shape index (κ3) is 6.49. The van der Waals surface area contributed by atoms with Gasteiger partial charge in [-0.25, -0.2) is 4.39 Å². The maximum absolute atomic E-state index is 13.0. The Morgan fingerprint density at radius 3 is 2.16 bits per heavy atom. The number of ether oxygens (including phenoxy) is 1. The molecule has 0 fully saturated rings. The first-order chi connectivity index (χ1) is 15.3. The SMILES string of the molecule is Cc1cc(Br)ccc1NC(=O)CNC(=O)COc1ccc(C(=O)c2ccc(F)cc2)cc1. The summed E-state index contributed by atoms with van der Waals surface area (Å²) in [5.74, 6) is -1.08. The predicted molar refractivity (Wildman–Crippen MR) is 122 cm³/mol. The van der Waals surface area contributed by atoms with Gasteiger partial charge in [-0.15, -0.1) is 0 Å². The lowest BCUT2D eigenvalue weighted by molar-refractivity contribution is -0.125. The standard InChI is InChI=1S/C24H20BrFN2O4/c1-15-12-18(25)6-11-21(15)28-22(29)13-27-23(30)14-32-20-9-4-17(5-10-20)24(31)16-2-7-19(26)8-3-16/h2-12H,13-14H2,1H3,(H,27,30)(H,28,29). The molecule has 0 atom stereocenters. The topological polar surface area (TPSA) is 84.5 Å². The fourth-order valence-corrected chi connectivity index (χ4v) is 3.29. The number of nitrogens with one attached hydrogen (secondary N) is 2. The minimum absolute atomic E-state index is 0.192. The maximum atomic E-state index is 13.0. The number of anilines is 1. The highest BCUT2D eigenvalue weighted by molar-refractivity contribution is 9.10. The van der Waals surface area contributed by atoms with Crippen molar-refractivity contribution in [3.8, 4) is 5.75 Å². The molecule has 6 nitrogen and oxygen atoms in total. The van der Waals surface area contributed by atoms with Crippen LogP contribution in [-0.2, 0) is 9.59 Å². The molecule has 0 aliphatic rings. The van der Waals surface area contributed by atoms with Crippen LogP contribution < -0.4 is 15.4 Å². The van der Waals surface area contributed by atoms with Crippen LogP contribution in [0.1, 0.15) is 21.5 Å². The van der Waals surface area contributed by atoms with Gasteiger partial charge in [0.2, 0.25) is 5.91 Å². The first-order valence-corrected chi connectivity index (χ1v) is 10.5. The van der Waals surface area contributed by atoms with Gasteiger partial charge < -0.3 is 15.4 Å². The predicted octanol–water partition coefficient (Wildman–Crippen LogP) is 4.26. The van der Waals surface area contributed by atoms with Crippen molar-refractivity contribution >= 4 is 39.2 Å². The molecule has 3 aromatic carbocycles. The second kappa shape index (κ2) is 10.7. The van der Waals surface area contributed by atoms with Gasteiger partial charge in [0.25, 0.3) is 5.91 Å². The average molecular weight is 499 g/mol. The number of carbonyl (C=O) groups excluding carboxylic acids is 3. The molecule has 32 heavy (non-hydrogen) atoms. The highest BCUT2D eigenvalue weighted by Crippen LogP contribution is 2.20. The van der Waals surface area contributed by atoms with E-state index in [1.54, 1.807) is 30.3 Å². The van der Waals surface area contributed by atoms with Crippen molar-refractivity contribution in [1.82, 2.24) is 5.32 Å². The van der Waals surface area contributed by atoms with E-state index in [0.717, 1.165) is 10.0 Å². The van der Waals surface area contributed by atoms with Crippen molar-refractivity contribution in [2.75, 3.05) is 18.5 Å². The quantitative estimate of drug-likeness (QED) is 0.454. The molecule has 2 amide bonds. The van der Waals surface area contributed by atoms with Crippen molar-refractivity contribution in [1.29, 1.82) is 0 Å². The zero-order valence-electron chi connectivity index (χ0n) is 17.2. The molecule has 0 unspecified atom stereocenters. The number of rotatable bonds is 8. The number of carbonyl (C=O) groups is 3. The number of benzene rings is 3. The van der Waals surface area contributed by atoms with E-state index in [1.165, 1.54) is 24.3 Å². The van der Waals surface area contributed by atoms with E-state index in [1.807, 2.05) is 19.1 Å². The first-order valence-electron chi connectivity index (χ1n) is 9.67. The second-order valence-corrected chi connectivity index (χ2v) is 7.85. The van der Waals surface area contributed by atoms with Crippen LogP contribution in [0.15, 0.2) is 71.2 Å². The Bertz CT molecular complexity index is 1130. The second-order valence-electron chi connectivity index (χ2n) is 6.93. The van der Waals surface area contributed by atoms with Crippen LogP contribution in [0.3, 0.4) is 0 Å². The number of hydrogen-bond donors (Lipinski definition) is 2. The Morgan fingerprint density at radius 1 is 0.906 bits per heavy atom. The molecule has 0 heterocycles. The summed E-state index contributed by atoms with van der Waals surface area (Å²) in [6, 6.07) is 17.0. The van der Waals surface area contributed by atoms with Crippen LogP contribution in [0.5, 0.6) is 5.75 Å². The first kappa shape index (κ1) is 23.1. The Morgan fingerprint density at radius 2 is 1.53 bits per heavy atom. The molecule has 0 saturated carbocycles. The number of ketones is 1. The third-order valence-electron chi connectivity index (χ3n) is 4.50. The van der Waals surface area contributed by atoms with Crippen LogP contribution in [0.25, 0.3) is 0 Å². The molecule has 0 aliphatic heterocycles. The minimum atomic E-state index is -0.459. The molecule has 3 aromatic rings. The van der Waals surface area contributed by atoms with Gasteiger partial charge in [0.1, 0.15) is 11.6 Å². The lowest BCUT2D eigenvalue weighted by atomic mass is 10.0. The Labute approximate surface area is 192 Å². The van der Waals surface area contributed by atoms with Gasteiger partial charge >= 0.3 is 0 Å². The van der Waals surface area contributed by atoms with Gasteiger partial charge in [0.15, 0.2) is 12.4 Å². The van der Waals surface area contributed by atoms with E-state index in [0.29, 0.717) is 22.6 Å². The monoisotopic (exact) mass is 498 g/mol. The fourth-order valence-electron chi connectivity index (χ4n) is 2.81. The van der Waals surface area contributed by atoms with Gasteiger partial charge in [-0.3, -0.25) is 14.4 Å². The molecule has 0 aliphatic carbocycles. The van der Waals surface area contributed by atoms with Crippen LogP contribution in [0, 0.1) is 12.7 Å². The van der Waals surface area contributed by atoms with Gasteiger partial charge in [-0.1, -0.05) is 15.9 Å². The van der Waals surface area contributed by atoms with Crippen LogP contribution in [-0.4, -0.2) is 30.7 Å². The number of amides is 2. The zero-order chi connectivity index (χ0) is 23.1. The van der Waals surface area contributed by atoms with E-state index >= 15 is 0 Å².